The molecule has 0 spiro atoms. The molecular weight excluding hydrogens is 473 g/mol. The number of benzene rings is 2. The van der Waals surface area contributed by atoms with E-state index in [0.717, 1.165) is 17.7 Å². The van der Waals surface area contributed by atoms with E-state index in [2.05, 4.69) is 10.4 Å². The van der Waals surface area contributed by atoms with Crippen LogP contribution in [0.5, 0.6) is 5.75 Å². The summed E-state index contributed by atoms with van der Waals surface area (Å²) in [6.45, 7) is 1.28. The largest absolute Gasteiger partial charge is 0.497 e. The van der Waals surface area contributed by atoms with E-state index in [0.29, 0.717) is 43.1 Å². The number of ether oxygens (including phenoxy) is 1. The molecule has 0 saturated carbocycles. The maximum atomic E-state index is 13.7. The lowest BCUT2D eigenvalue weighted by molar-refractivity contribution is -0.126. The molecule has 8 nitrogen and oxygen atoms in total. The topological polar surface area (TPSA) is 81.4 Å². The summed E-state index contributed by atoms with van der Waals surface area (Å²) in [6.07, 6.45) is 6.64. The van der Waals surface area contributed by atoms with Crippen molar-refractivity contribution in [3.63, 3.8) is 0 Å². The van der Waals surface area contributed by atoms with Crippen LogP contribution in [0.4, 0.5) is 4.39 Å². The standard InChI is InChI=1S/C28H28FN5O3/c1-37-24-8-4-6-20(16-24)17-30-26(35)21-7-5-15-33(19-21)28(36)25-18-31-34(23-11-9-22(29)10-12-23)27(25)32-13-2-3-14-32/h2-4,6,8-14,16,18,21H,5,7,15,17,19H2,1H3,(H,30,35). The first-order valence-corrected chi connectivity index (χ1v) is 12.2. The van der Waals surface area contributed by atoms with Crippen LogP contribution in [0.1, 0.15) is 28.8 Å². The summed E-state index contributed by atoms with van der Waals surface area (Å²) in [5.41, 5.74) is 2.00. The SMILES string of the molecule is COc1cccc(CNC(=O)C2CCCN(C(=O)c3cnn(-c4ccc(F)cc4)c3-n3cccc3)C2)c1. The highest BCUT2D eigenvalue weighted by atomic mass is 19.1. The molecule has 1 fully saturated rings. The van der Waals surface area contributed by atoms with Crippen molar-refractivity contribution >= 4 is 11.8 Å². The highest BCUT2D eigenvalue weighted by Crippen LogP contribution is 2.25. The van der Waals surface area contributed by atoms with Crippen molar-refractivity contribution in [2.24, 2.45) is 5.92 Å². The molecule has 5 rings (SSSR count). The Kier molecular flexibility index (Phi) is 7.02. The number of amides is 2. The number of piperidine rings is 1. The van der Waals surface area contributed by atoms with Crippen molar-refractivity contribution in [3.8, 4) is 17.3 Å². The molecular formula is C28H28FN5O3. The van der Waals surface area contributed by atoms with E-state index in [1.54, 1.807) is 28.8 Å². The van der Waals surface area contributed by atoms with Crippen LogP contribution < -0.4 is 10.1 Å². The molecule has 1 aliphatic heterocycles. The van der Waals surface area contributed by atoms with E-state index in [1.165, 1.54) is 18.3 Å². The van der Waals surface area contributed by atoms with Gasteiger partial charge in [-0.05, 0) is 66.9 Å². The van der Waals surface area contributed by atoms with Crippen molar-refractivity contribution in [2.45, 2.75) is 19.4 Å². The fourth-order valence-corrected chi connectivity index (χ4v) is 4.65. The predicted molar refractivity (Wildman–Crippen MR) is 136 cm³/mol. The number of rotatable bonds is 7. The van der Waals surface area contributed by atoms with Crippen LogP contribution in [0.3, 0.4) is 0 Å². The average molecular weight is 502 g/mol. The van der Waals surface area contributed by atoms with Crippen LogP contribution in [0.25, 0.3) is 11.5 Å². The van der Waals surface area contributed by atoms with Gasteiger partial charge < -0.3 is 19.5 Å². The number of nitrogens with zero attached hydrogens (tertiary/aromatic N) is 4. The lowest BCUT2D eigenvalue weighted by atomic mass is 9.96. The number of likely N-dealkylation sites (tertiary alicyclic amines) is 1. The fourth-order valence-electron chi connectivity index (χ4n) is 4.65. The monoisotopic (exact) mass is 501 g/mol. The number of methoxy groups -OCH3 is 1. The van der Waals surface area contributed by atoms with Gasteiger partial charge in [0, 0.05) is 32.0 Å². The molecule has 1 N–H and O–H groups in total. The third-order valence-corrected chi connectivity index (χ3v) is 6.57. The molecule has 2 aromatic heterocycles. The molecule has 9 heteroatoms. The highest BCUT2D eigenvalue weighted by molar-refractivity contribution is 5.97. The maximum absolute atomic E-state index is 13.7. The van der Waals surface area contributed by atoms with E-state index >= 15 is 0 Å². The van der Waals surface area contributed by atoms with E-state index in [4.69, 9.17) is 4.74 Å². The second kappa shape index (κ2) is 10.7. The third-order valence-electron chi connectivity index (χ3n) is 6.57. The Bertz CT molecular complexity index is 1380. The Balaban J connectivity index is 1.33. The number of hydrogen-bond donors (Lipinski definition) is 1. The summed E-state index contributed by atoms with van der Waals surface area (Å²) in [5, 5.41) is 7.46. The normalized spacial score (nSPS) is 15.4. The van der Waals surface area contributed by atoms with Gasteiger partial charge >= 0.3 is 0 Å². The first-order valence-electron chi connectivity index (χ1n) is 12.2. The lowest BCUT2D eigenvalue weighted by Gasteiger charge is -2.32. The zero-order valence-electron chi connectivity index (χ0n) is 20.5. The number of carbonyl (C=O) groups excluding carboxylic acids is 2. The molecule has 1 unspecified atom stereocenters. The van der Waals surface area contributed by atoms with Gasteiger partial charge in [-0.3, -0.25) is 9.59 Å². The predicted octanol–water partition coefficient (Wildman–Crippen LogP) is 3.98. The minimum Gasteiger partial charge on any atom is -0.497 e. The van der Waals surface area contributed by atoms with Gasteiger partial charge in [-0.2, -0.15) is 5.10 Å². The lowest BCUT2D eigenvalue weighted by Crippen LogP contribution is -2.45. The quantitative estimate of drug-likeness (QED) is 0.415. The van der Waals surface area contributed by atoms with Crippen LogP contribution in [0, 0.1) is 11.7 Å². The van der Waals surface area contributed by atoms with E-state index in [1.807, 2.05) is 53.4 Å². The molecule has 2 aromatic carbocycles. The Hall–Kier alpha value is -4.40. The van der Waals surface area contributed by atoms with Crippen molar-refractivity contribution in [1.29, 1.82) is 0 Å². The van der Waals surface area contributed by atoms with E-state index in [9.17, 15) is 14.0 Å². The van der Waals surface area contributed by atoms with Gasteiger partial charge in [0.2, 0.25) is 5.91 Å². The molecule has 0 radical (unpaired) electrons. The molecule has 2 amide bonds. The van der Waals surface area contributed by atoms with Crippen LogP contribution in [0.15, 0.2) is 79.3 Å². The number of hydrogen-bond acceptors (Lipinski definition) is 4. The molecule has 1 saturated heterocycles. The number of aromatic nitrogens is 3. The molecule has 1 aliphatic rings. The van der Waals surface area contributed by atoms with Crippen molar-refractivity contribution in [3.05, 3.63) is 96.2 Å². The summed E-state index contributed by atoms with van der Waals surface area (Å²) in [4.78, 5) is 28.4. The van der Waals surface area contributed by atoms with Gasteiger partial charge in [0.15, 0.2) is 5.82 Å². The smallest absolute Gasteiger partial charge is 0.259 e. The minimum atomic E-state index is -0.348. The first kappa shape index (κ1) is 24.3. The summed E-state index contributed by atoms with van der Waals surface area (Å²) in [6, 6.07) is 17.2. The molecule has 4 aromatic rings. The van der Waals surface area contributed by atoms with E-state index in [-0.39, 0.29) is 23.5 Å². The second-order valence-electron chi connectivity index (χ2n) is 9.02. The number of halogens is 1. The Morgan fingerprint density at radius 3 is 2.65 bits per heavy atom. The Morgan fingerprint density at radius 2 is 1.89 bits per heavy atom. The number of carbonyl (C=O) groups is 2. The molecule has 0 bridgehead atoms. The molecule has 1 atom stereocenters. The van der Waals surface area contributed by atoms with Crippen molar-refractivity contribution < 1.29 is 18.7 Å². The van der Waals surface area contributed by atoms with Crippen LogP contribution in [-0.2, 0) is 11.3 Å². The van der Waals surface area contributed by atoms with E-state index < -0.39 is 0 Å². The van der Waals surface area contributed by atoms with Gasteiger partial charge in [0.05, 0.1) is 24.9 Å². The average Bonchev–Trinajstić information content (AvgIpc) is 3.62. The fraction of sp³-hybridized carbons (Fsp3) is 0.250. The number of nitrogens with one attached hydrogen (secondary N) is 1. The second-order valence-corrected chi connectivity index (χ2v) is 9.02. The summed E-state index contributed by atoms with van der Waals surface area (Å²) in [7, 11) is 1.61. The molecule has 3 heterocycles. The molecule has 190 valence electrons. The Morgan fingerprint density at radius 1 is 1.11 bits per heavy atom. The Labute approximate surface area is 214 Å². The maximum Gasteiger partial charge on any atom is 0.259 e. The highest BCUT2D eigenvalue weighted by Gasteiger charge is 2.31. The van der Waals surface area contributed by atoms with Crippen LogP contribution in [-0.4, -0.2) is 51.3 Å². The van der Waals surface area contributed by atoms with Gasteiger partial charge in [0.1, 0.15) is 17.1 Å². The van der Waals surface area contributed by atoms with Crippen LogP contribution in [0.2, 0.25) is 0 Å². The summed E-state index contributed by atoms with van der Waals surface area (Å²) in [5.74, 6) is 0.381. The zero-order valence-corrected chi connectivity index (χ0v) is 20.5. The summed E-state index contributed by atoms with van der Waals surface area (Å²) >= 11 is 0. The van der Waals surface area contributed by atoms with Gasteiger partial charge in [0.25, 0.3) is 5.91 Å². The van der Waals surface area contributed by atoms with Crippen LogP contribution >= 0.6 is 0 Å². The van der Waals surface area contributed by atoms with Gasteiger partial charge in [-0.25, -0.2) is 9.07 Å². The molecule has 0 aliphatic carbocycles. The van der Waals surface area contributed by atoms with Crippen molar-refractivity contribution in [1.82, 2.24) is 24.6 Å². The van der Waals surface area contributed by atoms with Gasteiger partial charge in [-0.1, -0.05) is 12.1 Å². The molecule has 37 heavy (non-hydrogen) atoms. The first-order chi connectivity index (χ1) is 18.0. The summed E-state index contributed by atoms with van der Waals surface area (Å²) < 4.78 is 22.2. The third kappa shape index (κ3) is 5.25. The zero-order chi connectivity index (χ0) is 25.8. The van der Waals surface area contributed by atoms with Crippen molar-refractivity contribution in [2.75, 3.05) is 20.2 Å². The van der Waals surface area contributed by atoms with Gasteiger partial charge in [-0.15, -0.1) is 0 Å². The minimum absolute atomic E-state index is 0.0760.